The molecule has 3 rings (SSSR count). The van der Waals surface area contributed by atoms with Crippen LogP contribution in [-0.2, 0) is 30.5 Å². The van der Waals surface area contributed by atoms with E-state index in [0.29, 0.717) is 10.6 Å². The van der Waals surface area contributed by atoms with E-state index < -0.39 is 88.5 Å². The van der Waals surface area contributed by atoms with E-state index in [1.54, 1.807) is 29.6 Å². The molecule has 3 aromatic carbocycles. The number of amides is 3. The van der Waals surface area contributed by atoms with Gasteiger partial charge >= 0.3 is 11.8 Å². The molecule has 3 amide bonds. The lowest BCUT2D eigenvalue weighted by Gasteiger charge is -2.21. The molecular formula is C29H24ClF6N3O6. The number of halogens is 7. The molecule has 0 saturated carbocycles. The van der Waals surface area contributed by atoms with Gasteiger partial charge in [-0.3, -0.25) is 19.2 Å². The Morgan fingerprint density at radius 3 is 2.02 bits per heavy atom. The minimum Gasteiger partial charge on any atom is -0.479 e. The Morgan fingerprint density at radius 2 is 1.42 bits per heavy atom. The van der Waals surface area contributed by atoms with Gasteiger partial charge in [0.25, 0.3) is 0 Å². The molecule has 3 aromatic rings. The van der Waals surface area contributed by atoms with Crippen LogP contribution in [0.2, 0.25) is 5.02 Å². The highest BCUT2D eigenvalue weighted by Gasteiger charge is 2.28. The van der Waals surface area contributed by atoms with Gasteiger partial charge < -0.3 is 25.4 Å². The van der Waals surface area contributed by atoms with E-state index in [0.717, 1.165) is 25.1 Å². The molecule has 9 nitrogen and oxygen atoms in total. The summed E-state index contributed by atoms with van der Waals surface area (Å²) in [5, 5.41) is 6.46. The first-order valence-electron chi connectivity index (χ1n) is 12.9. The van der Waals surface area contributed by atoms with Crippen molar-refractivity contribution in [3.8, 4) is 5.75 Å². The highest BCUT2D eigenvalue weighted by molar-refractivity contribution is 6.40. The number of rotatable bonds is 13. The molecule has 0 aliphatic heterocycles. The van der Waals surface area contributed by atoms with Gasteiger partial charge in [0.05, 0.1) is 12.6 Å². The number of carbonyl (C=O) groups excluding carboxylic acids is 4. The minimum absolute atomic E-state index is 0.0524. The zero-order chi connectivity index (χ0) is 33.3. The molecule has 0 spiro atoms. The molecule has 0 fully saturated rings. The second-order valence-electron chi connectivity index (χ2n) is 9.33. The molecule has 0 aliphatic rings. The zero-order valence-corrected chi connectivity index (χ0v) is 24.0. The van der Waals surface area contributed by atoms with Crippen LogP contribution in [0.1, 0.15) is 18.9 Å². The fourth-order valence-electron chi connectivity index (χ4n) is 3.62. The predicted molar refractivity (Wildman–Crippen MR) is 147 cm³/mol. The molecule has 3 N–H and O–H groups in total. The molecule has 0 unspecified atom stereocenters. The Labute approximate surface area is 256 Å². The molecule has 240 valence electrons. The van der Waals surface area contributed by atoms with Gasteiger partial charge in [-0.25, -0.2) is 17.6 Å². The standard InChI is InChI=1S/C29H24ClF6N3O6/c1-14(37-28(42)29(43)39-25-17(31)3-2-4-18(25)32)27(41)38-21(9-10-44-12-15-5-7-16(30)8-6-15)22(40)13-45-26-23(35)19(33)11-20(34)24(26)36/h2-8,11,14,21H,9-10,12-13H2,1H3,(H,37,42)(H,38,41)(H,39,43)/t14-,21-/m0/s1. The van der Waals surface area contributed by atoms with Gasteiger partial charge in [0, 0.05) is 17.7 Å². The van der Waals surface area contributed by atoms with Crippen LogP contribution in [0.5, 0.6) is 5.75 Å². The van der Waals surface area contributed by atoms with Crippen LogP contribution in [0, 0.1) is 34.9 Å². The van der Waals surface area contributed by atoms with E-state index in [4.69, 9.17) is 21.1 Å². The first kappa shape index (κ1) is 34.9. The Balaban J connectivity index is 1.65. The van der Waals surface area contributed by atoms with Gasteiger partial charge in [0.15, 0.2) is 23.2 Å². The van der Waals surface area contributed by atoms with E-state index >= 15 is 0 Å². The molecule has 0 bridgehead atoms. The van der Waals surface area contributed by atoms with Gasteiger partial charge in [-0.15, -0.1) is 0 Å². The van der Waals surface area contributed by atoms with Gasteiger partial charge in [-0.2, -0.15) is 8.78 Å². The third-order valence-corrected chi connectivity index (χ3v) is 6.27. The summed E-state index contributed by atoms with van der Waals surface area (Å²) >= 11 is 5.83. The average Bonchev–Trinajstić information content (AvgIpc) is 3.00. The van der Waals surface area contributed by atoms with E-state index in [1.165, 1.54) is 0 Å². The number of benzene rings is 3. The zero-order valence-electron chi connectivity index (χ0n) is 23.2. The van der Waals surface area contributed by atoms with Gasteiger partial charge in [-0.1, -0.05) is 29.8 Å². The second-order valence-corrected chi connectivity index (χ2v) is 9.76. The maximum Gasteiger partial charge on any atom is 0.313 e. The molecule has 45 heavy (non-hydrogen) atoms. The number of nitrogens with one attached hydrogen (secondary N) is 3. The number of Topliss-reactive ketones (excluding diaryl/α,β-unsaturated/α-hetero) is 1. The summed E-state index contributed by atoms with van der Waals surface area (Å²) in [6.45, 7) is -0.157. The maximum absolute atomic E-state index is 14.0. The predicted octanol–water partition coefficient (Wildman–Crippen LogP) is 4.36. The Bertz CT molecular complexity index is 1530. The number of para-hydroxylation sites is 1. The summed E-state index contributed by atoms with van der Waals surface area (Å²) in [6.07, 6.45) is -0.252. The van der Waals surface area contributed by atoms with Crippen molar-refractivity contribution < 1.29 is 55.0 Å². The fraction of sp³-hybridized carbons (Fsp3) is 0.241. The fourth-order valence-corrected chi connectivity index (χ4v) is 3.75. The molecule has 0 saturated heterocycles. The average molecular weight is 660 g/mol. The summed E-state index contributed by atoms with van der Waals surface area (Å²) in [7, 11) is 0. The van der Waals surface area contributed by atoms with Gasteiger partial charge in [0.2, 0.25) is 17.5 Å². The van der Waals surface area contributed by atoms with Crippen LogP contribution >= 0.6 is 11.6 Å². The smallest absolute Gasteiger partial charge is 0.313 e. The SMILES string of the molecule is C[C@H](NC(=O)C(=O)Nc1c(F)cccc1F)C(=O)N[C@@H](CCOCc1ccc(Cl)cc1)C(=O)COc1c(F)c(F)cc(F)c1F. The molecule has 0 radical (unpaired) electrons. The van der Waals surface area contributed by atoms with Crippen LogP contribution in [0.25, 0.3) is 0 Å². The van der Waals surface area contributed by atoms with Crippen molar-refractivity contribution in [1.82, 2.24) is 10.6 Å². The molecule has 0 heterocycles. The highest BCUT2D eigenvalue weighted by Crippen LogP contribution is 2.26. The molecule has 16 heteroatoms. The quantitative estimate of drug-likeness (QED) is 0.109. The van der Waals surface area contributed by atoms with Crippen LogP contribution in [0.4, 0.5) is 32.0 Å². The summed E-state index contributed by atoms with van der Waals surface area (Å²) in [6, 6.07) is 6.21. The summed E-state index contributed by atoms with van der Waals surface area (Å²) in [5.74, 6) is -16.2. The first-order valence-corrected chi connectivity index (χ1v) is 13.3. The number of hydrogen-bond donors (Lipinski definition) is 3. The van der Waals surface area contributed by atoms with Crippen molar-refractivity contribution in [3.05, 3.63) is 94.0 Å². The monoisotopic (exact) mass is 659 g/mol. The van der Waals surface area contributed by atoms with Crippen LogP contribution in [0.15, 0.2) is 48.5 Å². The van der Waals surface area contributed by atoms with Crippen LogP contribution < -0.4 is 20.7 Å². The van der Waals surface area contributed by atoms with Crippen molar-refractivity contribution in [2.75, 3.05) is 18.5 Å². The Hall–Kier alpha value is -4.63. The normalized spacial score (nSPS) is 12.2. The molecule has 0 aromatic heterocycles. The van der Waals surface area contributed by atoms with E-state index in [9.17, 15) is 45.5 Å². The van der Waals surface area contributed by atoms with Crippen molar-refractivity contribution in [1.29, 1.82) is 0 Å². The van der Waals surface area contributed by atoms with Crippen LogP contribution in [-0.4, -0.2) is 48.8 Å². The largest absolute Gasteiger partial charge is 0.479 e. The van der Waals surface area contributed by atoms with E-state index in [-0.39, 0.29) is 25.7 Å². The maximum atomic E-state index is 14.0. The van der Waals surface area contributed by atoms with Crippen molar-refractivity contribution in [2.24, 2.45) is 0 Å². The van der Waals surface area contributed by atoms with Crippen LogP contribution in [0.3, 0.4) is 0 Å². The first-order chi connectivity index (χ1) is 21.3. The third kappa shape index (κ3) is 9.68. The Morgan fingerprint density at radius 1 is 0.822 bits per heavy atom. The van der Waals surface area contributed by atoms with Crippen molar-refractivity contribution in [3.63, 3.8) is 0 Å². The van der Waals surface area contributed by atoms with E-state index in [1.807, 2.05) is 5.32 Å². The summed E-state index contributed by atoms with van der Waals surface area (Å²) in [4.78, 5) is 50.1. The van der Waals surface area contributed by atoms with Crippen molar-refractivity contribution >= 4 is 40.8 Å². The highest BCUT2D eigenvalue weighted by atomic mass is 35.5. The third-order valence-electron chi connectivity index (χ3n) is 6.02. The lowest BCUT2D eigenvalue weighted by molar-refractivity contribution is -0.138. The van der Waals surface area contributed by atoms with Gasteiger partial charge in [-0.05, 0) is 43.2 Å². The Kier molecular flexibility index (Phi) is 12.3. The molecular weight excluding hydrogens is 636 g/mol. The number of anilines is 1. The number of ketones is 1. The topological polar surface area (TPSA) is 123 Å². The lowest BCUT2D eigenvalue weighted by Crippen LogP contribution is -2.53. The number of hydrogen-bond acceptors (Lipinski definition) is 6. The second kappa shape index (κ2) is 15.9. The minimum atomic E-state index is -1.89. The van der Waals surface area contributed by atoms with Crippen molar-refractivity contribution in [2.45, 2.75) is 32.0 Å². The molecule has 2 atom stereocenters. The summed E-state index contributed by atoms with van der Waals surface area (Å²) < 4.78 is 92.8. The van der Waals surface area contributed by atoms with Gasteiger partial charge in [0.1, 0.15) is 30.0 Å². The molecule has 0 aliphatic carbocycles. The lowest BCUT2D eigenvalue weighted by atomic mass is 10.1. The number of carbonyl (C=O) groups is 4. The number of ether oxygens (including phenoxy) is 2. The summed E-state index contributed by atoms with van der Waals surface area (Å²) in [5.41, 5.74) is -0.191. The van der Waals surface area contributed by atoms with E-state index in [2.05, 4.69) is 5.32 Å².